The van der Waals surface area contributed by atoms with E-state index in [0.717, 1.165) is 36.5 Å². The Morgan fingerprint density at radius 1 is 1.24 bits per heavy atom. The first-order valence-electron chi connectivity index (χ1n) is 9.98. The van der Waals surface area contributed by atoms with E-state index in [2.05, 4.69) is 0 Å². The summed E-state index contributed by atoms with van der Waals surface area (Å²) in [5.74, 6) is 1.78. The number of amides is 2. The molecule has 2 aliphatic rings. The molecule has 154 valence electrons. The first kappa shape index (κ1) is 19.5. The maximum atomic E-state index is 13.2. The highest BCUT2D eigenvalue weighted by atomic mass is 16.5. The highest BCUT2D eigenvalue weighted by molar-refractivity contribution is 6.02. The lowest BCUT2D eigenvalue weighted by Gasteiger charge is -2.32. The van der Waals surface area contributed by atoms with Crippen molar-refractivity contribution in [2.24, 2.45) is 0 Å². The number of nitrogens with zero attached hydrogens (tertiary/aromatic N) is 2. The molecule has 3 heterocycles. The Labute approximate surface area is 170 Å². The van der Waals surface area contributed by atoms with Crippen LogP contribution in [0.1, 0.15) is 29.9 Å². The third-order valence-corrected chi connectivity index (χ3v) is 5.29. The average molecular weight is 398 g/mol. The van der Waals surface area contributed by atoms with E-state index in [-0.39, 0.29) is 31.1 Å². The molecule has 29 heavy (non-hydrogen) atoms. The van der Waals surface area contributed by atoms with Gasteiger partial charge in [-0.1, -0.05) is 6.07 Å². The summed E-state index contributed by atoms with van der Waals surface area (Å²) in [5.41, 5.74) is 1.64. The number of furan rings is 1. The number of carbonyl (C=O) groups is 2. The van der Waals surface area contributed by atoms with Gasteiger partial charge in [0.05, 0.1) is 18.3 Å². The highest BCUT2D eigenvalue weighted by Crippen LogP contribution is 2.33. The van der Waals surface area contributed by atoms with Gasteiger partial charge in [-0.15, -0.1) is 0 Å². The first-order chi connectivity index (χ1) is 14.0. The van der Waals surface area contributed by atoms with Gasteiger partial charge in [-0.25, -0.2) is 0 Å². The number of rotatable bonds is 6. The molecule has 4 rings (SSSR count). The minimum atomic E-state index is -0.220. The van der Waals surface area contributed by atoms with Gasteiger partial charge in [-0.05, 0) is 56.5 Å². The molecule has 0 aliphatic carbocycles. The van der Waals surface area contributed by atoms with Crippen molar-refractivity contribution in [2.75, 3.05) is 31.2 Å². The van der Waals surface area contributed by atoms with E-state index >= 15 is 0 Å². The molecule has 1 fully saturated rings. The first-order valence-corrected chi connectivity index (χ1v) is 9.98. The van der Waals surface area contributed by atoms with Crippen LogP contribution in [0.25, 0.3) is 0 Å². The van der Waals surface area contributed by atoms with E-state index in [1.807, 2.05) is 44.2 Å². The molecular weight excluding hydrogens is 372 g/mol. The molecule has 0 N–H and O–H groups in total. The van der Waals surface area contributed by atoms with Gasteiger partial charge < -0.3 is 18.8 Å². The summed E-state index contributed by atoms with van der Waals surface area (Å²) in [6.45, 7) is 5.28. The molecule has 0 spiro atoms. The monoisotopic (exact) mass is 398 g/mol. The average Bonchev–Trinajstić information content (AvgIpc) is 3.35. The summed E-state index contributed by atoms with van der Waals surface area (Å²) in [5, 5.41) is 0. The summed E-state index contributed by atoms with van der Waals surface area (Å²) in [6, 6.07) is 9.40. The lowest BCUT2D eigenvalue weighted by molar-refractivity contribution is -0.134. The second kappa shape index (κ2) is 8.29. The lowest BCUT2D eigenvalue weighted by Crippen LogP contribution is -2.47. The lowest BCUT2D eigenvalue weighted by atomic mass is 10.1. The SMILES string of the molecule is Cc1ccc2c(c1)N(CC(=O)N(Cc1ccc(C)o1)C[C@@H]1CCCO1)C(=O)CO2. The topological polar surface area (TPSA) is 72.2 Å². The second-order valence-corrected chi connectivity index (χ2v) is 7.66. The largest absolute Gasteiger partial charge is 0.482 e. The van der Waals surface area contributed by atoms with Gasteiger partial charge in [0.1, 0.15) is 23.8 Å². The van der Waals surface area contributed by atoms with Crippen LogP contribution in [0.15, 0.2) is 34.7 Å². The van der Waals surface area contributed by atoms with Crippen molar-refractivity contribution in [3.63, 3.8) is 0 Å². The molecule has 1 aromatic heterocycles. The van der Waals surface area contributed by atoms with E-state index in [9.17, 15) is 9.59 Å². The molecule has 0 saturated carbocycles. The summed E-state index contributed by atoms with van der Waals surface area (Å²) < 4.78 is 16.9. The number of ether oxygens (including phenoxy) is 2. The summed E-state index contributed by atoms with van der Waals surface area (Å²) >= 11 is 0. The number of benzene rings is 1. The van der Waals surface area contributed by atoms with Crippen LogP contribution in [0.2, 0.25) is 0 Å². The van der Waals surface area contributed by atoms with Crippen LogP contribution in [0.3, 0.4) is 0 Å². The van der Waals surface area contributed by atoms with E-state index in [4.69, 9.17) is 13.9 Å². The number of carbonyl (C=O) groups excluding carboxylic acids is 2. The number of anilines is 1. The fourth-order valence-electron chi connectivity index (χ4n) is 3.77. The molecule has 7 heteroatoms. The minimum Gasteiger partial charge on any atom is -0.482 e. The zero-order valence-corrected chi connectivity index (χ0v) is 16.8. The Hall–Kier alpha value is -2.80. The standard InChI is InChI=1S/C22H26N2O5/c1-15-5-8-20-19(10-15)24(22(26)14-28-20)13-21(25)23(11-17-4-3-9-27-17)12-18-7-6-16(2)29-18/h5-8,10,17H,3-4,9,11-14H2,1-2H3/t17-/m0/s1. The normalized spacial score (nSPS) is 18.5. The quantitative estimate of drug-likeness (QED) is 0.748. The summed E-state index contributed by atoms with van der Waals surface area (Å²) in [7, 11) is 0. The van der Waals surface area contributed by atoms with Crippen molar-refractivity contribution in [1.82, 2.24) is 4.90 Å². The molecule has 1 saturated heterocycles. The summed E-state index contributed by atoms with van der Waals surface area (Å²) in [6.07, 6.45) is 1.95. The van der Waals surface area contributed by atoms with Crippen LogP contribution >= 0.6 is 0 Å². The van der Waals surface area contributed by atoms with Crippen LogP contribution in [-0.4, -0.2) is 49.1 Å². The van der Waals surface area contributed by atoms with Gasteiger partial charge >= 0.3 is 0 Å². The van der Waals surface area contributed by atoms with Crippen molar-refractivity contribution in [3.8, 4) is 5.75 Å². The van der Waals surface area contributed by atoms with Gasteiger partial charge in [-0.3, -0.25) is 14.5 Å². The molecule has 1 aromatic carbocycles. The van der Waals surface area contributed by atoms with Crippen molar-refractivity contribution in [3.05, 3.63) is 47.4 Å². The van der Waals surface area contributed by atoms with Gasteiger partial charge in [0.25, 0.3) is 5.91 Å². The molecule has 1 atom stereocenters. The Bertz CT molecular complexity index is 900. The van der Waals surface area contributed by atoms with Crippen LogP contribution in [0.4, 0.5) is 5.69 Å². The molecule has 7 nitrogen and oxygen atoms in total. The molecule has 2 aliphatic heterocycles. The maximum Gasteiger partial charge on any atom is 0.265 e. The fraction of sp³-hybridized carbons (Fsp3) is 0.455. The zero-order chi connectivity index (χ0) is 20.4. The van der Waals surface area contributed by atoms with Gasteiger partial charge in [0, 0.05) is 13.2 Å². The van der Waals surface area contributed by atoms with E-state index in [1.165, 1.54) is 4.90 Å². The smallest absolute Gasteiger partial charge is 0.265 e. The molecular formula is C22H26N2O5. The Kier molecular flexibility index (Phi) is 5.58. The van der Waals surface area contributed by atoms with Gasteiger partial charge in [0.15, 0.2) is 6.61 Å². The zero-order valence-electron chi connectivity index (χ0n) is 16.8. The van der Waals surface area contributed by atoms with Crippen LogP contribution in [-0.2, 0) is 20.9 Å². The Balaban J connectivity index is 1.54. The third-order valence-electron chi connectivity index (χ3n) is 5.29. The maximum absolute atomic E-state index is 13.2. The Morgan fingerprint density at radius 2 is 2.10 bits per heavy atom. The Morgan fingerprint density at radius 3 is 2.83 bits per heavy atom. The van der Waals surface area contributed by atoms with Crippen molar-refractivity contribution in [1.29, 1.82) is 0 Å². The van der Waals surface area contributed by atoms with Crippen molar-refractivity contribution >= 4 is 17.5 Å². The number of aryl methyl sites for hydroxylation is 2. The molecule has 2 amide bonds. The fourth-order valence-corrected chi connectivity index (χ4v) is 3.77. The van der Waals surface area contributed by atoms with Gasteiger partial charge in [-0.2, -0.15) is 0 Å². The van der Waals surface area contributed by atoms with Crippen molar-refractivity contribution in [2.45, 2.75) is 39.3 Å². The predicted molar refractivity (Wildman–Crippen MR) is 107 cm³/mol. The van der Waals surface area contributed by atoms with E-state index in [1.54, 1.807) is 4.90 Å². The number of hydrogen-bond donors (Lipinski definition) is 0. The van der Waals surface area contributed by atoms with Crippen LogP contribution in [0.5, 0.6) is 5.75 Å². The van der Waals surface area contributed by atoms with Gasteiger partial charge in [0.2, 0.25) is 5.91 Å². The van der Waals surface area contributed by atoms with Crippen LogP contribution in [0, 0.1) is 13.8 Å². The van der Waals surface area contributed by atoms with E-state index < -0.39 is 0 Å². The predicted octanol–water partition coefficient (Wildman–Crippen LogP) is 2.83. The number of fused-ring (bicyclic) bond motifs is 1. The molecule has 2 aromatic rings. The molecule has 0 bridgehead atoms. The molecule has 0 unspecified atom stereocenters. The number of hydrogen-bond acceptors (Lipinski definition) is 5. The second-order valence-electron chi connectivity index (χ2n) is 7.66. The minimum absolute atomic E-state index is 0.0185. The molecule has 0 radical (unpaired) electrons. The highest BCUT2D eigenvalue weighted by Gasteiger charge is 2.30. The summed E-state index contributed by atoms with van der Waals surface area (Å²) in [4.78, 5) is 29.0. The van der Waals surface area contributed by atoms with E-state index in [0.29, 0.717) is 24.5 Å². The van der Waals surface area contributed by atoms with Crippen molar-refractivity contribution < 1.29 is 23.5 Å². The third kappa shape index (κ3) is 4.45. The van der Waals surface area contributed by atoms with Crippen LogP contribution < -0.4 is 9.64 Å².